The van der Waals surface area contributed by atoms with Crippen LogP contribution in [-0.4, -0.2) is 24.0 Å². The van der Waals surface area contributed by atoms with Gasteiger partial charge in [0.05, 0.1) is 16.2 Å². The third-order valence-electron chi connectivity index (χ3n) is 1.93. The van der Waals surface area contributed by atoms with Gasteiger partial charge in [-0.3, -0.25) is 4.98 Å². The Labute approximate surface area is 107 Å². The zero-order valence-electron chi connectivity index (χ0n) is 9.59. The van der Waals surface area contributed by atoms with Crippen molar-refractivity contribution in [2.45, 2.75) is 6.18 Å². The summed E-state index contributed by atoms with van der Waals surface area (Å²) in [6.45, 7) is 0. The van der Waals surface area contributed by atoms with Crippen molar-refractivity contribution in [1.29, 1.82) is 5.26 Å². The average Bonchev–Trinajstić information content (AvgIpc) is 2.24. The van der Waals surface area contributed by atoms with E-state index in [1.807, 2.05) is 6.07 Å². The molecule has 1 rings (SSSR count). The third kappa shape index (κ3) is 3.37. The van der Waals surface area contributed by atoms with Crippen LogP contribution in [0.25, 0.3) is 5.57 Å². The Morgan fingerprint density at radius 2 is 2.11 bits per heavy atom. The van der Waals surface area contributed by atoms with Gasteiger partial charge in [0.2, 0.25) is 0 Å². The molecule has 0 fully saturated rings. The maximum absolute atomic E-state index is 12.4. The van der Waals surface area contributed by atoms with Crippen molar-refractivity contribution < 1.29 is 13.2 Å². The van der Waals surface area contributed by atoms with Gasteiger partial charge in [0.15, 0.2) is 0 Å². The van der Waals surface area contributed by atoms with Crippen molar-refractivity contribution in [3.8, 4) is 6.07 Å². The molecule has 0 saturated carbocycles. The van der Waals surface area contributed by atoms with Gasteiger partial charge in [-0.2, -0.15) is 18.4 Å². The van der Waals surface area contributed by atoms with E-state index in [1.165, 1.54) is 6.20 Å². The quantitative estimate of drug-likeness (QED) is 0.778. The number of allylic oxidation sites excluding steroid dienone is 1. The first-order valence-electron chi connectivity index (χ1n) is 4.77. The number of hydrogen-bond acceptors (Lipinski definition) is 3. The Morgan fingerprint density at radius 3 is 2.50 bits per heavy atom. The number of halogens is 4. The van der Waals surface area contributed by atoms with Gasteiger partial charge in [-0.25, -0.2) is 0 Å². The lowest BCUT2D eigenvalue weighted by Crippen LogP contribution is -2.07. The molecule has 0 atom stereocenters. The van der Waals surface area contributed by atoms with Gasteiger partial charge < -0.3 is 4.90 Å². The van der Waals surface area contributed by atoms with Crippen LogP contribution >= 0.6 is 11.6 Å². The van der Waals surface area contributed by atoms with E-state index in [-0.39, 0.29) is 16.3 Å². The second kappa shape index (κ2) is 5.27. The molecule has 0 aromatic carbocycles. The number of rotatable bonds is 2. The van der Waals surface area contributed by atoms with Crippen LogP contribution in [0.15, 0.2) is 18.5 Å². The van der Waals surface area contributed by atoms with Gasteiger partial charge in [-0.1, -0.05) is 11.6 Å². The molecule has 0 spiro atoms. The SMILES string of the molecule is CN(C)C=C(C#N)c1ncc(C(F)(F)F)cc1Cl. The molecular weight excluding hydrogens is 267 g/mol. The molecule has 1 aromatic heterocycles. The number of pyridine rings is 1. The highest BCUT2D eigenvalue weighted by Gasteiger charge is 2.31. The van der Waals surface area contributed by atoms with Crippen LogP contribution in [0.4, 0.5) is 13.2 Å². The van der Waals surface area contributed by atoms with Gasteiger partial charge >= 0.3 is 6.18 Å². The van der Waals surface area contributed by atoms with E-state index in [9.17, 15) is 13.2 Å². The van der Waals surface area contributed by atoms with E-state index >= 15 is 0 Å². The minimum absolute atomic E-state index is 0.0286. The predicted octanol–water partition coefficient (Wildman–Crippen LogP) is 3.18. The standard InChI is InChI=1S/C11H9ClF3N3/c1-18(2)6-7(4-16)10-9(12)3-8(5-17-10)11(13,14)15/h3,5-6H,1-2H3. The predicted molar refractivity (Wildman–Crippen MR) is 61.5 cm³/mol. The fraction of sp³-hybridized carbons (Fsp3) is 0.273. The van der Waals surface area contributed by atoms with Gasteiger partial charge in [0, 0.05) is 26.5 Å². The summed E-state index contributed by atoms with van der Waals surface area (Å²) >= 11 is 5.72. The van der Waals surface area contributed by atoms with E-state index < -0.39 is 11.7 Å². The lowest BCUT2D eigenvalue weighted by molar-refractivity contribution is -0.137. The van der Waals surface area contributed by atoms with Crippen LogP contribution in [-0.2, 0) is 6.18 Å². The maximum atomic E-state index is 12.4. The molecule has 0 unspecified atom stereocenters. The van der Waals surface area contributed by atoms with Crippen LogP contribution in [0.1, 0.15) is 11.3 Å². The summed E-state index contributed by atoms with van der Waals surface area (Å²) in [4.78, 5) is 5.18. The van der Waals surface area contributed by atoms with Crippen LogP contribution < -0.4 is 0 Å². The van der Waals surface area contributed by atoms with E-state index in [2.05, 4.69) is 4.98 Å². The summed E-state index contributed by atoms with van der Waals surface area (Å²) in [6, 6.07) is 2.59. The lowest BCUT2D eigenvalue weighted by Gasteiger charge is -2.10. The normalized spacial score (nSPS) is 12.2. The van der Waals surface area contributed by atoms with Gasteiger partial charge in [-0.05, 0) is 6.07 Å². The summed E-state index contributed by atoms with van der Waals surface area (Å²) < 4.78 is 37.2. The largest absolute Gasteiger partial charge is 0.417 e. The average molecular weight is 276 g/mol. The monoisotopic (exact) mass is 275 g/mol. The summed E-state index contributed by atoms with van der Waals surface area (Å²) in [5.41, 5.74) is -0.821. The number of hydrogen-bond donors (Lipinski definition) is 0. The Hall–Kier alpha value is -1.74. The highest BCUT2D eigenvalue weighted by molar-refractivity contribution is 6.32. The Balaban J connectivity index is 3.26. The molecule has 0 bridgehead atoms. The highest BCUT2D eigenvalue weighted by atomic mass is 35.5. The highest BCUT2D eigenvalue weighted by Crippen LogP contribution is 2.32. The minimum atomic E-state index is -4.51. The third-order valence-corrected chi connectivity index (χ3v) is 2.22. The van der Waals surface area contributed by atoms with Crippen molar-refractivity contribution in [3.05, 3.63) is 34.7 Å². The van der Waals surface area contributed by atoms with Gasteiger partial charge in [0.25, 0.3) is 0 Å². The van der Waals surface area contributed by atoms with Crippen LogP contribution in [0.2, 0.25) is 5.02 Å². The first-order chi connectivity index (χ1) is 8.25. The molecule has 0 N–H and O–H groups in total. The molecule has 0 aliphatic heterocycles. The first kappa shape index (κ1) is 14.3. The van der Waals surface area contributed by atoms with Crippen molar-refractivity contribution in [2.24, 2.45) is 0 Å². The molecule has 18 heavy (non-hydrogen) atoms. The molecule has 96 valence electrons. The van der Waals surface area contributed by atoms with Crippen LogP contribution in [0.3, 0.4) is 0 Å². The fourth-order valence-corrected chi connectivity index (χ4v) is 1.46. The molecule has 1 aromatic rings. The maximum Gasteiger partial charge on any atom is 0.417 e. The number of aromatic nitrogens is 1. The molecule has 0 aliphatic carbocycles. The van der Waals surface area contributed by atoms with E-state index in [0.29, 0.717) is 6.20 Å². The topological polar surface area (TPSA) is 39.9 Å². The summed E-state index contributed by atoms with van der Waals surface area (Å²) in [5, 5.41) is 8.71. The Kier molecular flexibility index (Phi) is 4.19. The number of alkyl halides is 3. The zero-order chi connectivity index (χ0) is 13.9. The van der Waals surface area contributed by atoms with Crippen molar-refractivity contribution in [1.82, 2.24) is 9.88 Å². The van der Waals surface area contributed by atoms with Crippen molar-refractivity contribution in [3.63, 3.8) is 0 Å². The Morgan fingerprint density at radius 1 is 1.50 bits per heavy atom. The molecule has 7 heteroatoms. The molecule has 0 radical (unpaired) electrons. The first-order valence-corrected chi connectivity index (χ1v) is 5.15. The molecule has 3 nitrogen and oxygen atoms in total. The van der Waals surface area contributed by atoms with E-state index in [1.54, 1.807) is 19.0 Å². The molecule has 0 amide bonds. The van der Waals surface area contributed by atoms with Crippen molar-refractivity contribution in [2.75, 3.05) is 14.1 Å². The van der Waals surface area contributed by atoms with E-state index in [0.717, 1.165) is 6.07 Å². The van der Waals surface area contributed by atoms with Crippen molar-refractivity contribution >= 4 is 17.2 Å². The second-order valence-corrected chi connectivity index (χ2v) is 4.08. The Bertz CT molecular complexity index is 515. The molecule has 1 heterocycles. The minimum Gasteiger partial charge on any atom is -0.382 e. The smallest absolute Gasteiger partial charge is 0.382 e. The number of nitriles is 1. The lowest BCUT2D eigenvalue weighted by atomic mass is 10.1. The second-order valence-electron chi connectivity index (χ2n) is 3.67. The molecule has 0 aliphatic rings. The van der Waals surface area contributed by atoms with Crippen LogP contribution in [0.5, 0.6) is 0 Å². The number of nitrogens with zero attached hydrogens (tertiary/aromatic N) is 3. The molecular formula is C11H9ClF3N3. The van der Waals surface area contributed by atoms with E-state index in [4.69, 9.17) is 16.9 Å². The fourth-order valence-electron chi connectivity index (χ4n) is 1.19. The summed E-state index contributed by atoms with van der Waals surface area (Å²) in [5.74, 6) is 0. The molecule has 0 saturated heterocycles. The van der Waals surface area contributed by atoms with Gasteiger partial charge in [0.1, 0.15) is 11.8 Å². The summed E-state index contributed by atoms with van der Waals surface area (Å²) in [6.07, 6.45) is -2.42. The van der Waals surface area contributed by atoms with Crippen LogP contribution in [0, 0.1) is 11.3 Å². The van der Waals surface area contributed by atoms with Gasteiger partial charge in [-0.15, -0.1) is 0 Å². The summed E-state index contributed by atoms with van der Waals surface area (Å²) in [7, 11) is 3.35. The zero-order valence-corrected chi connectivity index (χ0v) is 10.3.